The van der Waals surface area contributed by atoms with Gasteiger partial charge < -0.3 is 5.73 Å². The molecule has 21 heavy (non-hydrogen) atoms. The van der Waals surface area contributed by atoms with Crippen LogP contribution in [0.2, 0.25) is 0 Å². The number of carbonyl (C=O) groups excluding carboxylic acids is 1. The normalized spacial score (nSPS) is 10.7. The Labute approximate surface area is 126 Å². The van der Waals surface area contributed by atoms with E-state index in [1.807, 2.05) is 48.5 Å². The molecule has 0 atom stereocenters. The summed E-state index contributed by atoms with van der Waals surface area (Å²) in [4.78, 5) is 16.6. The highest BCUT2D eigenvalue weighted by Gasteiger charge is 2.09. The Bertz CT molecular complexity index is 732. The van der Waals surface area contributed by atoms with E-state index in [-0.39, 0.29) is 5.91 Å². The lowest BCUT2D eigenvalue weighted by atomic mass is 10.1. The second kappa shape index (κ2) is 6.03. The topological polar surface area (TPSA) is 68.0 Å². The van der Waals surface area contributed by atoms with Crippen molar-refractivity contribution < 1.29 is 4.79 Å². The molecular formula is C16H15N3OS. The summed E-state index contributed by atoms with van der Waals surface area (Å²) in [6.07, 6.45) is 0.819. The van der Waals surface area contributed by atoms with E-state index in [9.17, 15) is 4.79 Å². The number of amides is 1. The number of rotatable bonds is 4. The Morgan fingerprint density at radius 1 is 1.14 bits per heavy atom. The van der Waals surface area contributed by atoms with Crippen molar-refractivity contribution >= 4 is 32.6 Å². The predicted octanol–water partition coefficient (Wildman–Crippen LogP) is 3.05. The maximum atomic E-state index is 12.2. The van der Waals surface area contributed by atoms with Crippen LogP contribution in [0.4, 0.5) is 5.13 Å². The largest absolute Gasteiger partial charge is 0.330 e. The number of carbonyl (C=O) groups is 1. The van der Waals surface area contributed by atoms with Gasteiger partial charge in [-0.05, 0) is 42.8 Å². The van der Waals surface area contributed by atoms with Gasteiger partial charge in [-0.15, -0.1) is 0 Å². The lowest BCUT2D eigenvalue weighted by molar-refractivity contribution is 0.102. The van der Waals surface area contributed by atoms with E-state index in [1.165, 1.54) is 11.3 Å². The summed E-state index contributed by atoms with van der Waals surface area (Å²) in [5.74, 6) is -0.145. The Kier molecular flexibility index (Phi) is 3.94. The van der Waals surface area contributed by atoms with Crippen molar-refractivity contribution in [3.8, 4) is 0 Å². The number of hydrogen-bond acceptors (Lipinski definition) is 4. The third-order valence-electron chi connectivity index (χ3n) is 3.16. The average molecular weight is 297 g/mol. The molecule has 0 bridgehead atoms. The third kappa shape index (κ3) is 3.09. The van der Waals surface area contributed by atoms with Gasteiger partial charge in [0, 0.05) is 5.56 Å². The number of hydrogen-bond donors (Lipinski definition) is 2. The fourth-order valence-electron chi connectivity index (χ4n) is 2.08. The van der Waals surface area contributed by atoms with E-state index in [0.29, 0.717) is 17.2 Å². The average Bonchev–Trinajstić information content (AvgIpc) is 2.90. The number of anilines is 1. The first kappa shape index (κ1) is 13.7. The number of nitrogens with zero attached hydrogens (tertiary/aromatic N) is 1. The lowest BCUT2D eigenvalue weighted by Gasteiger charge is -2.03. The van der Waals surface area contributed by atoms with Gasteiger partial charge in [0.25, 0.3) is 5.91 Å². The number of para-hydroxylation sites is 1. The first-order chi connectivity index (χ1) is 10.3. The van der Waals surface area contributed by atoms with Crippen molar-refractivity contribution in [2.45, 2.75) is 6.42 Å². The number of benzene rings is 2. The van der Waals surface area contributed by atoms with Crippen LogP contribution in [0.1, 0.15) is 15.9 Å². The molecule has 5 heteroatoms. The van der Waals surface area contributed by atoms with Crippen LogP contribution in [0.3, 0.4) is 0 Å². The van der Waals surface area contributed by atoms with Crippen molar-refractivity contribution in [1.29, 1.82) is 0 Å². The van der Waals surface area contributed by atoms with Gasteiger partial charge in [0.05, 0.1) is 10.2 Å². The molecule has 4 nitrogen and oxygen atoms in total. The number of aromatic nitrogens is 1. The highest BCUT2D eigenvalue weighted by Crippen LogP contribution is 2.25. The molecule has 0 unspecified atom stereocenters. The molecule has 1 amide bonds. The van der Waals surface area contributed by atoms with E-state index in [0.717, 1.165) is 22.2 Å². The summed E-state index contributed by atoms with van der Waals surface area (Å²) in [5.41, 5.74) is 8.16. The molecule has 2 aromatic carbocycles. The molecule has 3 N–H and O–H groups in total. The zero-order valence-electron chi connectivity index (χ0n) is 11.4. The zero-order valence-corrected chi connectivity index (χ0v) is 12.2. The van der Waals surface area contributed by atoms with Crippen molar-refractivity contribution in [3.05, 3.63) is 59.7 Å². The maximum Gasteiger partial charge on any atom is 0.257 e. The minimum absolute atomic E-state index is 0.145. The molecule has 0 aliphatic carbocycles. The minimum Gasteiger partial charge on any atom is -0.330 e. The van der Waals surface area contributed by atoms with Gasteiger partial charge in [-0.2, -0.15) is 0 Å². The Balaban J connectivity index is 1.76. The molecular weight excluding hydrogens is 282 g/mol. The quantitative estimate of drug-likeness (QED) is 0.777. The Hall–Kier alpha value is -2.24. The molecule has 0 fully saturated rings. The van der Waals surface area contributed by atoms with Crippen LogP contribution in [0.25, 0.3) is 10.2 Å². The van der Waals surface area contributed by atoms with Gasteiger partial charge >= 0.3 is 0 Å². The lowest BCUT2D eigenvalue weighted by Crippen LogP contribution is -2.11. The van der Waals surface area contributed by atoms with E-state index < -0.39 is 0 Å². The standard InChI is InChI=1S/C16H15N3OS/c17-10-9-11-5-7-12(8-6-11)15(20)19-16-18-13-3-1-2-4-14(13)21-16/h1-8H,9-10,17H2,(H,18,19,20). The maximum absolute atomic E-state index is 12.2. The molecule has 0 saturated carbocycles. The summed E-state index contributed by atoms with van der Waals surface area (Å²) < 4.78 is 1.06. The number of fused-ring (bicyclic) bond motifs is 1. The molecule has 1 heterocycles. The molecule has 106 valence electrons. The van der Waals surface area contributed by atoms with Crippen molar-refractivity contribution in [1.82, 2.24) is 4.98 Å². The molecule has 1 aromatic heterocycles. The van der Waals surface area contributed by atoms with Gasteiger partial charge in [-0.1, -0.05) is 35.6 Å². The summed E-state index contributed by atoms with van der Waals surface area (Å²) in [6, 6.07) is 15.3. The van der Waals surface area contributed by atoms with Crippen LogP contribution in [0, 0.1) is 0 Å². The molecule has 0 aliphatic rings. The van der Waals surface area contributed by atoms with Crippen LogP contribution in [0.15, 0.2) is 48.5 Å². The highest BCUT2D eigenvalue weighted by atomic mass is 32.1. The van der Waals surface area contributed by atoms with Crippen LogP contribution >= 0.6 is 11.3 Å². The van der Waals surface area contributed by atoms with Gasteiger partial charge in [-0.3, -0.25) is 10.1 Å². The molecule has 0 radical (unpaired) electrons. The minimum atomic E-state index is -0.145. The van der Waals surface area contributed by atoms with E-state index >= 15 is 0 Å². The van der Waals surface area contributed by atoms with Crippen LogP contribution in [0.5, 0.6) is 0 Å². The van der Waals surface area contributed by atoms with Crippen molar-refractivity contribution in [3.63, 3.8) is 0 Å². The second-order valence-electron chi connectivity index (χ2n) is 4.68. The highest BCUT2D eigenvalue weighted by molar-refractivity contribution is 7.22. The van der Waals surface area contributed by atoms with Crippen molar-refractivity contribution in [2.24, 2.45) is 5.73 Å². The monoisotopic (exact) mass is 297 g/mol. The Morgan fingerprint density at radius 2 is 1.90 bits per heavy atom. The van der Waals surface area contributed by atoms with E-state index in [1.54, 1.807) is 0 Å². The summed E-state index contributed by atoms with van der Waals surface area (Å²) in [7, 11) is 0. The molecule has 3 aromatic rings. The first-order valence-corrected chi connectivity index (χ1v) is 7.54. The van der Waals surface area contributed by atoms with Crippen LogP contribution in [-0.2, 0) is 6.42 Å². The second-order valence-corrected chi connectivity index (χ2v) is 5.71. The zero-order chi connectivity index (χ0) is 14.7. The fourth-order valence-corrected chi connectivity index (χ4v) is 2.95. The smallest absolute Gasteiger partial charge is 0.257 e. The van der Waals surface area contributed by atoms with Crippen molar-refractivity contribution in [2.75, 3.05) is 11.9 Å². The molecule has 0 aliphatic heterocycles. The first-order valence-electron chi connectivity index (χ1n) is 6.72. The van der Waals surface area contributed by atoms with Gasteiger partial charge in [0.15, 0.2) is 5.13 Å². The predicted molar refractivity (Wildman–Crippen MR) is 86.8 cm³/mol. The summed E-state index contributed by atoms with van der Waals surface area (Å²) >= 11 is 1.47. The summed E-state index contributed by atoms with van der Waals surface area (Å²) in [6.45, 7) is 0.608. The number of nitrogens with one attached hydrogen (secondary N) is 1. The Morgan fingerprint density at radius 3 is 2.62 bits per heavy atom. The van der Waals surface area contributed by atoms with Gasteiger partial charge in [-0.25, -0.2) is 4.98 Å². The van der Waals surface area contributed by atoms with Gasteiger partial charge in [0.1, 0.15) is 0 Å². The third-order valence-corrected chi connectivity index (χ3v) is 4.12. The molecule has 0 saturated heterocycles. The summed E-state index contributed by atoms with van der Waals surface area (Å²) in [5, 5.41) is 3.46. The van der Waals surface area contributed by atoms with Gasteiger partial charge in [0.2, 0.25) is 0 Å². The van der Waals surface area contributed by atoms with E-state index in [2.05, 4.69) is 10.3 Å². The fraction of sp³-hybridized carbons (Fsp3) is 0.125. The number of nitrogens with two attached hydrogens (primary N) is 1. The molecule has 3 rings (SSSR count). The van der Waals surface area contributed by atoms with Crippen LogP contribution < -0.4 is 11.1 Å². The van der Waals surface area contributed by atoms with E-state index in [4.69, 9.17) is 5.73 Å². The SMILES string of the molecule is NCCc1ccc(C(=O)Nc2nc3ccccc3s2)cc1. The number of thiazole rings is 1. The van der Waals surface area contributed by atoms with Crippen LogP contribution in [-0.4, -0.2) is 17.4 Å². The molecule has 0 spiro atoms.